The highest BCUT2D eigenvalue weighted by Crippen LogP contribution is 2.17. The van der Waals surface area contributed by atoms with Crippen molar-refractivity contribution in [3.8, 4) is 5.75 Å². The van der Waals surface area contributed by atoms with E-state index in [0.717, 1.165) is 10.0 Å². The second-order valence-electron chi connectivity index (χ2n) is 5.71. The number of anilines is 1. The Labute approximate surface area is 162 Å². The average molecular weight is 419 g/mol. The molecular weight excluding hydrogens is 396 g/mol. The van der Waals surface area contributed by atoms with Gasteiger partial charge >= 0.3 is 0 Å². The number of phenols is 1. The first-order valence-corrected chi connectivity index (χ1v) is 9.10. The first-order valence-electron chi connectivity index (χ1n) is 8.31. The van der Waals surface area contributed by atoms with Crippen LogP contribution in [0.2, 0.25) is 0 Å². The Balaban J connectivity index is 1.99. The van der Waals surface area contributed by atoms with Crippen molar-refractivity contribution in [1.82, 2.24) is 10.2 Å². The predicted octanol–water partition coefficient (Wildman–Crippen LogP) is 3.19. The number of carbonyl (C=O) groups is 1. The highest BCUT2D eigenvalue weighted by atomic mass is 79.9. The van der Waals surface area contributed by atoms with Crippen LogP contribution in [0.3, 0.4) is 0 Å². The molecule has 2 rings (SSSR count). The fourth-order valence-electron chi connectivity index (χ4n) is 2.32. The van der Waals surface area contributed by atoms with Gasteiger partial charge in [0.15, 0.2) is 5.96 Å². The van der Waals surface area contributed by atoms with E-state index in [0.29, 0.717) is 24.7 Å². The number of nitrogens with one attached hydrogen (secondary N) is 2. The number of halogens is 1. The van der Waals surface area contributed by atoms with E-state index >= 15 is 0 Å². The Morgan fingerprint density at radius 2 is 1.88 bits per heavy atom. The fourth-order valence-corrected chi connectivity index (χ4v) is 2.73. The summed E-state index contributed by atoms with van der Waals surface area (Å²) in [5.41, 5.74) is 1.75. The number of amides is 1. The third-order valence-electron chi connectivity index (χ3n) is 3.59. The number of guanidine groups is 1. The lowest BCUT2D eigenvalue weighted by atomic mass is 10.2. The Morgan fingerprint density at radius 1 is 1.19 bits per heavy atom. The summed E-state index contributed by atoms with van der Waals surface area (Å²) < 4.78 is 1.03. The average Bonchev–Trinajstić information content (AvgIpc) is 2.62. The number of hydrogen-bond acceptors (Lipinski definition) is 3. The van der Waals surface area contributed by atoms with E-state index in [-0.39, 0.29) is 18.2 Å². The molecule has 0 fully saturated rings. The maximum atomic E-state index is 12.1. The molecule has 0 aliphatic heterocycles. The number of nitrogens with zero attached hydrogens (tertiary/aromatic N) is 2. The lowest BCUT2D eigenvalue weighted by Gasteiger charge is -2.22. The lowest BCUT2D eigenvalue weighted by Crippen LogP contribution is -2.39. The zero-order valence-electron chi connectivity index (χ0n) is 14.9. The molecule has 7 heteroatoms. The van der Waals surface area contributed by atoms with Gasteiger partial charge in [0.2, 0.25) is 5.91 Å². The van der Waals surface area contributed by atoms with Gasteiger partial charge in [-0.1, -0.05) is 34.1 Å². The third kappa shape index (κ3) is 6.07. The van der Waals surface area contributed by atoms with Crippen LogP contribution in [0.4, 0.5) is 5.69 Å². The molecule has 1 amide bonds. The Bertz CT molecular complexity index is 762. The Hall–Kier alpha value is -2.54. The van der Waals surface area contributed by atoms with Crippen LogP contribution in [-0.2, 0) is 11.3 Å². The number of aromatic hydroxyl groups is 1. The summed E-state index contributed by atoms with van der Waals surface area (Å²) in [7, 11) is 1.93. The molecule has 0 unspecified atom stereocenters. The zero-order valence-corrected chi connectivity index (χ0v) is 16.5. The standard InChI is InChI=1S/C19H23BrN4O2/c1-3-21-19(24(2)13-14-6-4-5-7-17(14)20)22-12-18(26)23-15-8-10-16(25)11-9-15/h4-11,25H,3,12-13H2,1-2H3,(H,21,22)(H,23,26). The van der Waals surface area contributed by atoms with Gasteiger partial charge in [0.25, 0.3) is 0 Å². The molecule has 26 heavy (non-hydrogen) atoms. The second kappa shape index (κ2) is 9.82. The summed E-state index contributed by atoms with van der Waals surface area (Å²) in [5.74, 6) is 0.591. The first-order chi connectivity index (χ1) is 12.5. The summed E-state index contributed by atoms with van der Waals surface area (Å²) in [5, 5.41) is 15.2. The summed E-state index contributed by atoms with van der Waals surface area (Å²) in [6, 6.07) is 14.3. The van der Waals surface area contributed by atoms with E-state index in [9.17, 15) is 9.90 Å². The van der Waals surface area contributed by atoms with Crippen LogP contribution in [0.1, 0.15) is 12.5 Å². The zero-order chi connectivity index (χ0) is 18.9. The van der Waals surface area contributed by atoms with Gasteiger partial charge in [-0.3, -0.25) is 4.79 Å². The van der Waals surface area contributed by atoms with Crippen LogP contribution in [0, 0.1) is 0 Å². The minimum atomic E-state index is -0.222. The van der Waals surface area contributed by atoms with E-state index in [4.69, 9.17) is 0 Å². The molecule has 3 N–H and O–H groups in total. The number of rotatable bonds is 6. The molecule has 0 saturated heterocycles. The highest BCUT2D eigenvalue weighted by Gasteiger charge is 2.10. The van der Waals surface area contributed by atoms with Crippen molar-refractivity contribution in [1.29, 1.82) is 0 Å². The number of carbonyl (C=O) groups excluding carboxylic acids is 1. The van der Waals surface area contributed by atoms with Crippen molar-refractivity contribution in [2.75, 3.05) is 25.5 Å². The SMILES string of the molecule is CCNC(=NCC(=O)Nc1ccc(O)cc1)N(C)Cc1ccccc1Br. The molecule has 0 atom stereocenters. The normalized spacial score (nSPS) is 11.1. The van der Waals surface area contributed by atoms with Gasteiger partial charge in [0, 0.05) is 30.3 Å². The van der Waals surface area contributed by atoms with Gasteiger partial charge in [-0.05, 0) is 42.8 Å². The minimum Gasteiger partial charge on any atom is -0.508 e. The van der Waals surface area contributed by atoms with Crippen molar-refractivity contribution in [2.45, 2.75) is 13.5 Å². The first kappa shape index (κ1) is 19.8. The van der Waals surface area contributed by atoms with Gasteiger partial charge in [-0.25, -0.2) is 4.99 Å². The summed E-state index contributed by atoms with van der Waals surface area (Å²) in [6.45, 7) is 3.35. The van der Waals surface area contributed by atoms with Gasteiger partial charge in [-0.2, -0.15) is 0 Å². The Morgan fingerprint density at radius 3 is 2.54 bits per heavy atom. The van der Waals surface area contributed by atoms with E-state index < -0.39 is 0 Å². The molecule has 0 aliphatic carbocycles. The molecule has 2 aromatic rings. The van der Waals surface area contributed by atoms with E-state index in [2.05, 4.69) is 31.6 Å². The Kier molecular flexibility index (Phi) is 7.47. The second-order valence-corrected chi connectivity index (χ2v) is 6.57. The molecule has 0 radical (unpaired) electrons. The van der Waals surface area contributed by atoms with Crippen LogP contribution in [0.15, 0.2) is 58.0 Å². The van der Waals surface area contributed by atoms with Crippen molar-refractivity contribution in [3.63, 3.8) is 0 Å². The molecule has 0 saturated carbocycles. The highest BCUT2D eigenvalue weighted by molar-refractivity contribution is 9.10. The number of aliphatic imine (C=N–C) groups is 1. The molecular formula is C19H23BrN4O2. The number of hydrogen-bond donors (Lipinski definition) is 3. The predicted molar refractivity (Wildman–Crippen MR) is 108 cm³/mol. The van der Waals surface area contributed by atoms with Gasteiger partial charge in [-0.15, -0.1) is 0 Å². The van der Waals surface area contributed by atoms with Crippen LogP contribution >= 0.6 is 15.9 Å². The van der Waals surface area contributed by atoms with Gasteiger partial charge < -0.3 is 20.6 Å². The van der Waals surface area contributed by atoms with E-state index in [1.54, 1.807) is 12.1 Å². The molecule has 0 spiro atoms. The van der Waals surface area contributed by atoms with Crippen LogP contribution < -0.4 is 10.6 Å². The summed E-state index contributed by atoms with van der Waals surface area (Å²) in [6.07, 6.45) is 0. The molecule has 6 nitrogen and oxygen atoms in total. The minimum absolute atomic E-state index is 0.00348. The summed E-state index contributed by atoms with van der Waals surface area (Å²) in [4.78, 5) is 18.5. The molecule has 138 valence electrons. The smallest absolute Gasteiger partial charge is 0.246 e. The fraction of sp³-hybridized carbons (Fsp3) is 0.263. The quantitative estimate of drug-likeness (QED) is 0.382. The molecule has 0 aliphatic rings. The molecule has 0 aromatic heterocycles. The van der Waals surface area contributed by atoms with Crippen LogP contribution in [0.25, 0.3) is 0 Å². The number of benzene rings is 2. The van der Waals surface area contributed by atoms with Crippen molar-refractivity contribution in [3.05, 3.63) is 58.6 Å². The molecule has 0 heterocycles. The largest absolute Gasteiger partial charge is 0.508 e. The van der Waals surface area contributed by atoms with Crippen molar-refractivity contribution < 1.29 is 9.90 Å². The molecule has 0 bridgehead atoms. The third-order valence-corrected chi connectivity index (χ3v) is 4.36. The van der Waals surface area contributed by atoms with Crippen LogP contribution in [0.5, 0.6) is 5.75 Å². The maximum Gasteiger partial charge on any atom is 0.246 e. The topological polar surface area (TPSA) is 77.0 Å². The lowest BCUT2D eigenvalue weighted by molar-refractivity contribution is -0.114. The van der Waals surface area contributed by atoms with E-state index in [1.807, 2.05) is 43.1 Å². The van der Waals surface area contributed by atoms with Crippen molar-refractivity contribution >= 4 is 33.5 Å². The van der Waals surface area contributed by atoms with Gasteiger partial charge in [0.05, 0.1) is 0 Å². The summed E-state index contributed by atoms with van der Waals surface area (Å²) >= 11 is 3.55. The van der Waals surface area contributed by atoms with Crippen LogP contribution in [-0.4, -0.2) is 42.0 Å². The monoisotopic (exact) mass is 418 g/mol. The maximum absolute atomic E-state index is 12.1. The molecule has 2 aromatic carbocycles. The number of phenolic OH excluding ortho intramolecular Hbond substituents is 1. The van der Waals surface area contributed by atoms with Crippen molar-refractivity contribution in [2.24, 2.45) is 4.99 Å². The van der Waals surface area contributed by atoms with E-state index in [1.165, 1.54) is 12.1 Å². The van der Waals surface area contributed by atoms with Gasteiger partial charge in [0.1, 0.15) is 12.3 Å².